The third kappa shape index (κ3) is 4.18. The van der Waals surface area contributed by atoms with Gasteiger partial charge in [-0.2, -0.15) is 5.26 Å². The molecule has 116 valence electrons. The first-order valence-corrected chi connectivity index (χ1v) is 7.66. The second-order valence-corrected chi connectivity index (χ2v) is 5.51. The Hall–Kier alpha value is -2.14. The molecule has 0 saturated heterocycles. The van der Waals surface area contributed by atoms with E-state index in [9.17, 15) is 9.65 Å². The van der Waals surface area contributed by atoms with Gasteiger partial charge in [-0.25, -0.2) is 4.39 Å². The van der Waals surface area contributed by atoms with Crippen molar-refractivity contribution in [2.75, 3.05) is 0 Å². The molecule has 0 fully saturated rings. The van der Waals surface area contributed by atoms with E-state index in [4.69, 9.17) is 0 Å². The van der Waals surface area contributed by atoms with Crippen LogP contribution in [0.2, 0.25) is 0 Å². The fraction of sp³-hybridized carbons (Fsp3) is 0.350. The number of rotatable bonds is 5. The van der Waals surface area contributed by atoms with Crippen LogP contribution in [0.25, 0.3) is 5.57 Å². The molecule has 0 heterocycles. The molecule has 1 nitrogen and oxygen atoms in total. The predicted molar refractivity (Wildman–Crippen MR) is 91.9 cm³/mol. The molecule has 0 bridgehead atoms. The Kier molecular flexibility index (Phi) is 6.79. The van der Waals surface area contributed by atoms with Gasteiger partial charge in [-0.15, -0.1) is 0 Å². The molecule has 1 aromatic carbocycles. The number of nitriles is 1. The molecular weight excluding hydrogens is 273 g/mol. The lowest BCUT2D eigenvalue weighted by molar-refractivity contribution is 0.617. The molecule has 0 radical (unpaired) electrons. The molecule has 0 amide bonds. The Morgan fingerprint density at radius 3 is 2.50 bits per heavy atom. The van der Waals surface area contributed by atoms with Crippen molar-refractivity contribution in [2.24, 2.45) is 0 Å². The molecule has 0 atom stereocenters. The molecule has 1 rings (SSSR count). The summed E-state index contributed by atoms with van der Waals surface area (Å²) < 4.78 is 14.0. The smallest absolute Gasteiger partial charge is 0.126 e. The van der Waals surface area contributed by atoms with Crippen LogP contribution in [-0.4, -0.2) is 0 Å². The summed E-state index contributed by atoms with van der Waals surface area (Å²) >= 11 is 0. The number of allylic oxidation sites excluding steroid dienone is 6. The molecular formula is C20H24FN. The normalized spacial score (nSPS) is 13.2. The minimum Gasteiger partial charge on any atom is -0.207 e. The summed E-state index contributed by atoms with van der Waals surface area (Å²) in [5.41, 5.74) is 4.87. The molecule has 0 aliphatic carbocycles. The van der Waals surface area contributed by atoms with Crippen LogP contribution in [0.5, 0.6) is 0 Å². The minimum absolute atomic E-state index is 0.265. The lowest BCUT2D eigenvalue weighted by Crippen LogP contribution is -1.98. The Bertz CT molecular complexity index is 670. The summed E-state index contributed by atoms with van der Waals surface area (Å²) in [6, 6.07) is 5.59. The van der Waals surface area contributed by atoms with E-state index in [-0.39, 0.29) is 5.82 Å². The van der Waals surface area contributed by atoms with Crippen molar-refractivity contribution in [1.82, 2.24) is 0 Å². The third-order valence-electron chi connectivity index (χ3n) is 3.70. The van der Waals surface area contributed by atoms with Gasteiger partial charge in [0, 0.05) is 0 Å². The Morgan fingerprint density at radius 2 is 1.95 bits per heavy atom. The van der Waals surface area contributed by atoms with Gasteiger partial charge in [-0.3, -0.25) is 0 Å². The van der Waals surface area contributed by atoms with Crippen LogP contribution in [0.4, 0.5) is 4.39 Å². The zero-order valence-corrected chi connectivity index (χ0v) is 14.1. The van der Waals surface area contributed by atoms with E-state index in [1.807, 2.05) is 39.0 Å². The average Bonchev–Trinajstić information content (AvgIpc) is 2.49. The van der Waals surface area contributed by atoms with Crippen LogP contribution in [0.15, 0.2) is 41.5 Å². The zero-order chi connectivity index (χ0) is 16.7. The van der Waals surface area contributed by atoms with Gasteiger partial charge < -0.3 is 0 Å². The maximum Gasteiger partial charge on any atom is 0.126 e. The maximum absolute atomic E-state index is 14.0. The molecule has 1 aromatic rings. The van der Waals surface area contributed by atoms with Crippen molar-refractivity contribution in [3.05, 3.63) is 64.0 Å². The molecule has 0 aliphatic rings. The summed E-state index contributed by atoms with van der Waals surface area (Å²) in [4.78, 5) is 0. The van der Waals surface area contributed by atoms with Gasteiger partial charge in [0.05, 0.1) is 5.57 Å². The highest BCUT2D eigenvalue weighted by molar-refractivity contribution is 5.83. The van der Waals surface area contributed by atoms with Gasteiger partial charge in [-0.05, 0) is 68.0 Å². The van der Waals surface area contributed by atoms with E-state index >= 15 is 0 Å². The number of halogens is 1. The number of hydrogen-bond acceptors (Lipinski definition) is 1. The quantitative estimate of drug-likeness (QED) is 0.480. The molecule has 0 N–H and O–H groups in total. The van der Waals surface area contributed by atoms with E-state index < -0.39 is 0 Å². The van der Waals surface area contributed by atoms with E-state index in [1.165, 1.54) is 6.07 Å². The van der Waals surface area contributed by atoms with E-state index in [0.717, 1.165) is 29.6 Å². The highest BCUT2D eigenvalue weighted by atomic mass is 19.1. The first kappa shape index (κ1) is 17.9. The summed E-state index contributed by atoms with van der Waals surface area (Å²) in [7, 11) is 0. The summed E-state index contributed by atoms with van der Waals surface area (Å²) in [5.74, 6) is -0.265. The second-order valence-electron chi connectivity index (χ2n) is 5.51. The van der Waals surface area contributed by atoms with Crippen molar-refractivity contribution in [1.29, 1.82) is 5.26 Å². The van der Waals surface area contributed by atoms with Crippen molar-refractivity contribution < 1.29 is 4.39 Å². The Labute approximate surface area is 133 Å². The minimum atomic E-state index is -0.265. The van der Waals surface area contributed by atoms with Gasteiger partial charge in [0.2, 0.25) is 0 Å². The fourth-order valence-electron chi connectivity index (χ4n) is 2.50. The van der Waals surface area contributed by atoms with Crippen molar-refractivity contribution in [3.63, 3.8) is 0 Å². The molecule has 0 unspecified atom stereocenters. The predicted octanol–water partition coefficient (Wildman–Crippen LogP) is 6.04. The lowest BCUT2D eigenvalue weighted by atomic mass is 9.90. The van der Waals surface area contributed by atoms with E-state index in [2.05, 4.69) is 13.0 Å². The van der Waals surface area contributed by atoms with Crippen molar-refractivity contribution in [2.45, 2.75) is 47.5 Å². The van der Waals surface area contributed by atoms with Crippen LogP contribution in [0, 0.1) is 31.0 Å². The van der Waals surface area contributed by atoms with Crippen molar-refractivity contribution in [3.8, 4) is 6.07 Å². The topological polar surface area (TPSA) is 23.8 Å². The molecule has 2 heteroatoms. The standard InChI is InChI=1S/C20H24FN/c1-6-8-10-14(3)17(9-7-2)19(13-22)18-12-20(21)16(5)11-15(18)4/h6,8,10-12H,7,9H2,1-5H3/b8-6+,14-10+,19-17+. The van der Waals surface area contributed by atoms with Crippen LogP contribution >= 0.6 is 0 Å². The largest absolute Gasteiger partial charge is 0.207 e. The molecule has 0 aromatic heterocycles. The highest BCUT2D eigenvalue weighted by Gasteiger charge is 2.14. The Balaban J connectivity index is 3.59. The molecule has 0 spiro atoms. The van der Waals surface area contributed by atoms with Gasteiger partial charge in [-0.1, -0.05) is 37.6 Å². The fourth-order valence-corrected chi connectivity index (χ4v) is 2.50. The van der Waals surface area contributed by atoms with Crippen LogP contribution in [-0.2, 0) is 0 Å². The van der Waals surface area contributed by atoms with Crippen LogP contribution < -0.4 is 0 Å². The lowest BCUT2D eigenvalue weighted by Gasteiger charge is -2.13. The first-order chi connectivity index (χ1) is 10.5. The number of nitrogens with zero attached hydrogens (tertiary/aromatic N) is 1. The summed E-state index contributed by atoms with van der Waals surface area (Å²) in [5, 5.41) is 9.66. The van der Waals surface area contributed by atoms with E-state index in [0.29, 0.717) is 16.7 Å². The van der Waals surface area contributed by atoms with Gasteiger partial charge in [0.15, 0.2) is 0 Å². The number of hydrogen-bond donors (Lipinski definition) is 0. The third-order valence-corrected chi connectivity index (χ3v) is 3.70. The van der Waals surface area contributed by atoms with Crippen LogP contribution in [0.1, 0.15) is 50.3 Å². The monoisotopic (exact) mass is 297 g/mol. The van der Waals surface area contributed by atoms with Gasteiger partial charge in [0.25, 0.3) is 0 Å². The zero-order valence-electron chi connectivity index (χ0n) is 14.1. The average molecular weight is 297 g/mol. The summed E-state index contributed by atoms with van der Waals surface area (Å²) in [6.07, 6.45) is 7.66. The molecule has 0 aliphatic heterocycles. The van der Waals surface area contributed by atoms with Crippen molar-refractivity contribution >= 4 is 5.57 Å². The highest BCUT2D eigenvalue weighted by Crippen LogP contribution is 2.30. The number of aryl methyl sites for hydroxylation is 2. The first-order valence-electron chi connectivity index (χ1n) is 7.66. The Morgan fingerprint density at radius 1 is 1.27 bits per heavy atom. The van der Waals surface area contributed by atoms with Crippen LogP contribution in [0.3, 0.4) is 0 Å². The van der Waals surface area contributed by atoms with E-state index in [1.54, 1.807) is 13.0 Å². The number of benzene rings is 1. The van der Waals surface area contributed by atoms with Gasteiger partial charge in [0.1, 0.15) is 11.9 Å². The SMILES string of the molecule is C/C=C/C=C(C)/C(CCC)=C(\C#N)c1cc(F)c(C)cc1C. The maximum atomic E-state index is 14.0. The molecule has 0 saturated carbocycles. The van der Waals surface area contributed by atoms with Gasteiger partial charge >= 0.3 is 0 Å². The molecule has 22 heavy (non-hydrogen) atoms. The second kappa shape index (κ2) is 8.34. The summed E-state index contributed by atoms with van der Waals surface area (Å²) in [6.45, 7) is 9.71.